The molecule has 3 nitrogen and oxygen atoms in total. The normalized spacial score (nSPS) is 15.0. The average Bonchev–Trinajstić information content (AvgIpc) is 2.53. The van der Waals surface area contributed by atoms with Crippen molar-refractivity contribution in [2.75, 3.05) is 5.32 Å². The van der Waals surface area contributed by atoms with Gasteiger partial charge in [0.2, 0.25) is 6.04 Å². The third-order valence-corrected chi connectivity index (χ3v) is 4.42. The van der Waals surface area contributed by atoms with Crippen molar-refractivity contribution in [3.8, 4) is 0 Å². The van der Waals surface area contributed by atoms with E-state index < -0.39 is 0 Å². The molecule has 0 bridgehead atoms. The number of nitrogens with zero attached hydrogens (tertiary/aromatic N) is 1. The van der Waals surface area contributed by atoms with E-state index in [1.165, 1.54) is 30.4 Å². The van der Waals surface area contributed by atoms with Gasteiger partial charge in [0.15, 0.2) is 12.4 Å². The Bertz CT molecular complexity index is 694. The number of carbonyl (C=O) groups excluding carboxylic acids is 1. The van der Waals surface area contributed by atoms with Gasteiger partial charge in [-0.15, -0.1) is 0 Å². The monoisotopic (exact) mass is 295 g/mol. The Labute approximate surface area is 132 Å². The molecule has 1 aromatic heterocycles. The lowest BCUT2D eigenvalue weighted by Crippen LogP contribution is -2.44. The first-order valence-corrected chi connectivity index (χ1v) is 8.03. The van der Waals surface area contributed by atoms with Crippen LogP contribution in [0.2, 0.25) is 0 Å². The standard InChI is InChI=1S/C19H22N2O/c1-14-6-5-9-18(12-14)20-19(22)15(2)21-11-10-16-7-3-4-8-17(16)13-21/h5-6,9-13,15H,3-4,7-8H2,1-2H3/p+1/t15-/m1/s1. The minimum absolute atomic E-state index is 0.0198. The minimum Gasteiger partial charge on any atom is -0.320 e. The number of nitrogens with one attached hydrogen (secondary N) is 1. The molecular formula is C19H23N2O+. The lowest BCUT2D eigenvalue weighted by molar-refractivity contribution is -0.706. The van der Waals surface area contributed by atoms with E-state index in [1.54, 1.807) is 0 Å². The SMILES string of the molecule is Cc1cccc(NC(=O)[C@@H](C)[n+]2ccc3c(c2)CCCC3)c1. The van der Waals surface area contributed by atoms with E-state index in [1.807, 2.05) is 48.9 Å². The summed E-state index contributed by atoms with van der Waals surface area (Å²) in [7, 11) is 0. The van der Waals surface area contributed by atoms with Crippen LogP contribution in [-0.2, 0) is 17.6 Å². The molecule has 1 aliphatic rings. The zero-order valence-electron chi connectivity index (χ0n) is 13.3. The Hall–Kier alpha value is -2.16. The fraction of sp³-hybridized carbons (Fsp3) is 0.368. The number of anilines is 1. The van der Waals surface area contributed by atoms with Gasteiger partial charge in [0.25, 0.3) is 5.91 Å². The highest BCUT2D eigenvalue weighted by atomic mass is 16.2. The summed E-state index contributed by atoms with van der Waals surface area (Å²) in [5.41, 5.74) is 4.83. The molecule has 1 aromatic carbocycles. The highest BCUT2D eigenvalue weighted by Crippen LogP contribution is 2.19. The van der Waals surface area contributed by atoms with Gasteiger partial charge in [-0.3, -0.25) is 4.79 Å². The molecule has 1 N–H and O–H groups in total. The van der Waals surface area contributed by atoms with E-state index in [0.717, 1.165) is 17.7 Å². The summed E-state index contributed by atoms with van der Waals surface area (Å²) in [6, 6.07) is 9.86. The molecule has 2 aromatic rings. The Morgan fingerprint density at radius 2 is 1.95 bits per heavy atom. The first kappa shape index (κ1) is 14.8. The van der Waals surface area contributed by atoms with Crippen LogP contribution in [0.3, 0.4) is 0 Å². The molecule has 0 spiro atoms. The third kappa shape index (κ3) is 3.19. The van der Waals surface area contributed by atoms with Gasteiger partial charge in [0.05, 0.1) is 0 Å². The van der Waals surface area contributed by atoms with Crippen LogP contribution in [0.5, 0.6) is 0 Å². The molecule has 1 aliphatic carbocycles. The van der Waals surface area contributed by atoms with Gasteiger partial charge >= 0.3 is 0 Å². The van der Waals surface area contributed by atoms with Gasteiger partial charge in [-0.05, 0) is 55.9 Å². The Morgan fingerprint density at radius 3 is 2.73 bits per heavy atom. The van der Waals surface area contributed by atoms with Crippen molar-refractivity contribution in [2.24, 2.45) is 0 Å². The van der Waals surface area contributed by atoms with Crippen LogP contribution >= 0.6 is 0 Å². The van der Waals surface area contributed by atoms with Crippen LogP contribution in [0.1, 0.15) is 42.5 Å². The highest BCUT2D eigenvalue weighted by Gasteiger charge is 2.24. The first-order chi connectivity index (χ1) is 10.6. The lowest BCUT2D eigenvalue weighted by atomic mass is 9.93. The summed E-state index contributed by atoms with van der Waals surface area (Å²) in [5.74, 6) is 0.0198. The van der Waals surface area contributed by atoms with Crippen LogP contribution in [0.15, 0.2) is 42.7 Å². The molecule has 114 valence electrons. The van der Waals surface area contributed by atoms with Gasteiger partial charge in [-0.1, -0.05) is 12.1 Å². The van der Waals surface area contributed by atoms with E-state index in [2.05, 4.69) is 17.6 Å². The van der Waals surface area contributed by atoms with Crippen molar-refractivity contribution in [1.29, 1.82) is 0 Å². The van der Waals surface area contributed by atoms with Crippen LogP contribution in [0.4, 0.5) is 5.69 Å². The molecule has 3 heteroatoms. The summed E-state index contributed by atoms with van der Waals surface area (Å²) in [5, 5.41) is 3.00. The number of fused-ring (bicyclic) bond motifs is 1. The molecule has 3 rings (SSSR count). The predicted molar refractivity (Wildman–Crippen MR) is 87.8 cm³/mol. The van der Waals surface area contributed by atoms with Crippen molar-refractivity contribution in [1.82, 2.24) is 0 Å². The third-order valence-electron chi connectivity index (χ3n) is 4.42. The van der Waals surface area contributed by atoms with Gasteiger partial charge < -0.3 is 5.32 Å². The van der Waals surface area contributed by atoms with Crippen molar-refractivity contribution in [3.63, 3.8) is 0 Å². The molecule has 0 saturated carbocycles. The van der Waals surface area contributed by atoms with Crippen molar-refractivity contribution in [2.45, 2.75) is 45.6 Å². The molecule has 0 radical (unpaired) electrons. The van der Waals surface area contributed by atoms with Crippen LogP contribution in [-0.4, -0.2) is 5.91 Å². The number of amides is 1. The van der Waals surface area contributed by atoms with Gasteiger partial charge in [0.1, 0.15) is 0 Å². The highest BCUT2D eigenvalue weighted by molar-refractivity contribution is 5.92. The molecule has 0 fully saturated rings. The minimum atomic E-state index is -0.215. The second-order valence-corrected chi connectivity index (χ2v) is 6.18. The largest absolute Gasteiger partial charge is 0.320 e. The van der Waals surface area contributed by atoms with Crippen molar-refractivity contribution >= 4 is 11.6 Å². The Morgan fingerprint density at radius 1 is 1.18 bits per heavy atom. The number of rotatable bonds is 3. The smallest absolute Gasteiger partial charge is 0.293 e. The lowest BCUT2D eigenvalue weighted by Gasteiger charge is -2.15. The molecule has 1 heterocycles. The number of benzene rings is 1. The van der Waals surface area contributed by atoms with Crippen LogP contribution < -0.4 is 9.88 Å². The predicted octanol–water partition coefficient (Wildman–Crippen LogP) is 3.36. The Balaban J connectivity index is 1.75. The number of hydrogen-bond donors (Lipinski definition) is 1. The number of pyridine rings is 1. The summed E-state index contributed by atoms with van der Waals surface area (Å²) < 4.78 is 2.02. The molecule has 0 saturated heterocycles. The molecule has 1 amide bonds. The van der Waals surface area contributed by atoms with E-state index in [0.29, 0.717) is 0 Å². The summed E-state index contributed by atoms with van der Waals surface area (Å²) in [4.78, 5) is 12.5. The van der Waals surface area contributed by atoms with Crippen LogP contribution in [0.25, 0.3) is 0 Å². The molecule has 1 atom stereocenters. The fourth-order valence-electron chi connectivity index (χ4n) is 3.03. The molecular weight excluding hydrogens is 272 g/mol. The average molecular weight is 295 g/mol. The zero-order chi connectivity index (χ0) is 15.5. The summed E-state index contributed by atoms with van der Waals surface area (Å²) in [6.07, 6.45) is 9.00. The topological polar surface area (TPSA) is 33.0 Å². The maximum Gasteiger partial charge on any atom is 0.293 e. The van der Waals surface area contributed by atoms with E-state index in [-0.39, 0.29) is 11.9 Å². The van der Waals surface area contributed by atoms with Crippen LogP contribution in [0, 0.1) is 6.92 Å². The van der Waals surface area contributed by atoms with E-state index in [4.69, 9.17) is 0 Å². The van der Waals surface area contributed by atoms with E-state index >= 15 is 0 Å². The van der Waals surface area contributed by atoms with Crippen molar-refractivity contribution in [3.05, 3.63) is 59.4 Å². The van der Waals surface area contributed by atoms with Gasteiger partial charge in [-0.2, -0.15) is 4.57 Å². The second-order valence-electron chi connectivity index (χ2n) is 6.18. The number of aryl methyl sites for hydroxylation is 3. The summed E-state index contributed by atoms with van der Waals surface area (Å²) >= 11 is 0. The maximum atomic E-state index is 12.5. The fourth-order valence-corrected chi connectivity index (χ4v) is 3.03. The van der Waals surface area contributed by atoms with Gasteiger partial charge in [0, 0.05) is 24.2 Å². The summed E-state index contributed by atoms with van der Waals surface area (Å²) in [6.45, 7) is 3.97. The van der Waals surface area contributed by atoms with Gasteiger partial charge in [-0.25, -0.2) is 0 Å². The molecule has 0 aliphatic heterocycles. The van der Waals surface area contributed by atoms with Crippen molar-refractivity contribution < 1.29 is 9.36 Å². The molecule has 22 heavy (non-hydrogen) atoms. The number of hydrogen-bond acceptors (Lipinski definition) is 1. The number of carbonyl (C=O) groups is 1. The zero-order valence-corrected chi connectivity index (χ0v) is 13.3. The maximum absolute atomic E-state index is 12.5. The second kappa shape index (κ2) is 6.30. The van der Waals surface area contributed by atoms with E-state index in [9.17, 15) is 4.79 Å². The Kier molecular flexibility index (Phi) is 4.23. The first-order valence-electron chi connectivity index (χ1n) is 8.03. The number of aromatic nitrogens is 1. The quantitative estimate of drug-likeness (QED) is 0.865. The molecule has 0 unspecified atom stereocenters.